The van der Waals surface area contributed by atoms with Crippen LogP contribution in [-0.2, 0) is 9.47 Å². The van der Waals surface area contributed by atoms with Crippen molar-refractivity contribution in [3.05, 3.63) is 61.1 Å². The molecule has 4 heteroatoms. The zero-order valence-corrected chi connectivity index (χ0v) is 11.1. The summed E-state index contributed by atoms with van der Waals surface area (Å²) in [4.78, 5) is 0. The average Bonchev–Trinajstić information content (AvgIpc) is 3.21. The fourth-order valence-electron chi connectivity index (χ4n) is 1.25. The van der Waals surface area contributed by atoms with Crippen LogP contribution in [0, 0.1) is 11.3 Å². The van der Waals surface area contributed by atoms with E-state index in [1.54, 1.807) is 24.3 Å². The predicted molar refractivity (Wildman–Crippen MR) is 74.8 cm³/mol. The standard InChI is InChI=1S/C15H18N2O2/c1-4-7-9-13(6-3)19-14(8-5-2)10-17-15(11-16)12-18-15/h4-9,17H,2-3,10,12H2,1H3/b7-4-,13-9+,14-8+. The maximum atomic E-state index is 8.89. The van der Waals surface area contributed by atoms with Gasteiger partial charge in [0.05, 0.1) is 6.54 Å². The minimum atomic E-state index is -0.856. The number of ether oxygens (including phenoxy) is 2. The molecule has 1 fully saturated rings. The first kappa shape index (κ1) is 15.0. The van der Waals surface area contributed by atoms with Crippen LogP contribution < -0.4 is 5.32 Å². The molecule has 1 heterocycles. The number of allylic oxidation sites excluding steroid dienone is 6. The number of nitriles is 1. The quantitative estimate of drug-likeness (QED) is 0.413. The number of hydrogen-bond donors (Lipinski definition) is 1. The first-order valence-corrected chi connectivity index (χ1v) is 5.95. The van der Waals surface area contributed by atoms with Gasteiger partial charge in [0, 0.05) is 0 Å². The first-order chi connectivity index (χ1) is 9.19. The van der Waals surface area contributed by atoms with Gasteiger partial charge in [-0.15, -0.1) is 0 Å². The average molecular weight is 258 g/mol. The third kappa shape index (κ3) is 4.96. The third-order valence-electron chi connectivity index (χ3n) is 2.37. The molecule has 0 aromatic carbocycles. The molecule has 1 saturated heterocycles. The van der Waals surface area contributed by atoms with E-state index in [1.165, 1.54) is 0 Å². The van der Waals surface area contributed by atoms with Gasteiger partial charge in [0.2, 0.25) is 5.72 Å². The van der Waals surface area contributed by atoms with E-state index in [0.29, 0.717) is 24.7 Å². The van der Waals surface area contributed by atoms with E-state index < -0.39 is 5.72 Å². The monoisotopic (exact) mass is 258 g/mol. The van der Waals surface area contributed by atoms with E-state index in [1.807, 2.05) is 19.1 Å². The fraction of sp³-hybridized carbons (Fsp3) is 0.267. The first-order valence-electron chi connectivity index (χ1n) is 5.95. The van der Waals surface area contributed by atoms with Gasteiger partial charge in [0.15, 0.2) is 0 Å². The van der Waals surface area contributed by atoms with Gasteiger partial charge in [-0.2, -0.15) is 5.26 Å². The van der Waals surface area contributed by atoms with Crippen LogP contribution in [0.15, 0.2) is 61.1 Å². The molecule has 0 aliphatic carbocycles. The lowest BCUT2D eigenvalue weighted by Gasteiger charge is -2.12. The molecule has 0 bridgehead atoms. The zero-order valence-electron chi connectivity index (χ0n) is 11.1. The van der Waals surface area contributed by atoms with E-state index in [0.717, 1.165) is 0 Å². The minimum absolute atomic E-state index is 0.376. The van der Waals surface area contributed by atoms with Crippen LogP contribution in [0.2, 0.25) is 0 Å². The lowest BCUT2D eigenvalue weighted by Crippen LogP contribution is -2.33. The second-order valence-corrected chi connectivity index (χ2v) is 3.85. The van der Waals surface area contributed by atoms with E-state index in [9.17, 15) is 0 Å². The number of nitrogens with zero attached hydrogens (tertiary/aromatic N) is 1. The van der Waals surface area contributed by atoms with Crippen molar-refractivity contribution in [2.45, 2.75) is 12.6 Å². The summed E-state index contributed by atoms with van der Waals surface area (Å²) in [7, 11) is 0. The summed E-state index contributed by atoms with van der Waals surface area (Å²) in [5.41, 5.74) is -0.856. The highest BCUT2D eigenvalue weighted by molar-refractivity contribution is 5.20. The highest BCUT2D eigenvalue weighted by Gasteiger charge is 2.45. The number of epoxide rings is 1. The Bertz CT molecular complexity index is 463. The molecule has 1 aliphatic rings. The Balaban J connectivity index is 2.63. The Morgan fingerprint density at radius 1 is 1.53 bits per heavy atom. The zero-order chi connectivity index (χ0) is 14.1. The number of hydrogen-bond acceptors (Lipinski definition) is 4. The summed E-state index contributed by atoms with van der Waals surface area (Å²) < 4.78 is 10.7. The molecular weight excluding hydrogens is 240 g/mol. The van der Waals surface area contributed by atoms with Crippen LogP contribution >= 0.6 is 0 Å². The SMILES string of the molecule is C=C/C=C(\CNC1(C#N)CO1)O/C(C=C)=C/C=C\C. The van der Waals surface area contributed by atoms with E-state index >= 15 is 0 Å². The second-order valence-electron chi connectivity index (χ2n) is 3.85. The van der Waals surface area contributed by atoms with Gasteiger partial charge < -0.3 is 9.47 Å². The molecular formula is C15H18N2O2. The van der Waals surface area contributed by atoms with Crippen LogP contribution in [0.5, 0.6) is 0 Å². The lowest BCUT2D eigenvalue weighted by atomic mass is 10.3. The van der Waals surface area contributed by atoms with E-state index in [2.05, 4.69) is 24.5 Å². The summed E-state index contributed by atoms with van der Waals surface area (Å²) in [6.45, 7) is 10.0. The molecule has 0 aromatic rings. The highest BCUT2D eigenvalue weighted by Crippen LogP contribution is 2.22. The Kier molecular flexibility index (Phi) is 5.80. The van der Waals surface area contributed by atoms with Crippen molar-refractivity contribution in [3.8, 4) is 6.07 Å². The number of rotatable bonds is 8. The Hall–Kier alpha value is -2.09. The lowest BCUT2D eigenvalue weighted by molar-refractivity contribution is 0.273. The van der Waals surface area contributed by atoms with Gasteiger partial charge >= 0.3 is 0 Å². The molecule has 1 N–H and O–H groups in total. The Morgan fingerprint density at radius 2 is 2.26 bits per heavy atom. The molecule has 4 nitrogen and oxygen atoms in total. The van der Waals surface area contributed by atoms with Gasteiger partial charge in [-0.3, -0.25) is 5.32 Å². The molecule has 1 aliphatic heterocycles. The fourth-order valence-corrected chi connectivity index (χ4v) is 1.25. The smallest absolute Gasteiger partial charge is 0.232 e. The van der Waals surface area contributed by atoms with Gasteiger partial charge in [-0.1, -0.05) is 31.4 Å². The molecule has 0 amide bonds. The van der Waals surface area contributed by atoms with Crippen molar-refractivity contribution < 1.29 is 9.47 Å². The summed E-state index contributed by atoms with van der Waals surface area (Å²) in [6, 6.07) is 2.06. The Labute approximate surface area is 114 Å². The van der Waals surface area contributed by atoms with Crippen molar-refractivity contribution in [2.75, 3.05) is 13.2 Å². The maximum Gasteiger partial charge on any atom is 0.232 e. The van der Waals surface area contributed by atoms with Crippen LogP contribution in [0.1, 0.15) is 6.92 Å². The Morgan fingerprint density at radius 3 is 2.74 bits per heavy atom. The maximum absolute atomic E-state index is 8.89. The van der Waals surface area contributed by atoms with Crippen LogP contribution in [0.3, 0.4) is 0 Å². The second kappa shape index (κ2) is 7.37. The number of nitrogens with one attached hydrogen (secondary N) is 1. The van der Waals surface area contributed by atoms with E-state index in [-0.39, 0.29) is 0 Å². The molecule has 0 aromatic heterocycles. The van der Waals surface area contributed by atoms with Gasteiger partial charge in [0.1, 0.15) is 24.2 Å². The molecule has 1 rings (SSSR count). The van der Waals surface area contributed by atoms with Crippen molar-refractivity contribution in [1.82, 2.24) is 5.32 Å². The largest absolute Gasteiger partial charge is 0.460 e. The summed E-state index contributed by atoms with van der Waals surface area (Å²) in [6.07, 6.45) is 10.5. The topological polar surface area (TPSA) is 57.6 Å². The molecule has 0 spiro atoms. The van der Waals surface area contributed by atoms with Crippen LogP contribution in [0.4, 0.5) is 0 Å². The van der Waals surface area contributed by atoms with Gasteiger partial charge in [-0.25, -0.2) is 0 Å². The normalized spacial score (nSPS) is 22.9. The van der Waals surface area contributed by atoms with E-state index in [4.69, 9.17) is 14.7 Å². The van der Waals surface area contributed by atoms with Crippen molar-refractivity contribution in [1.29, 1.82) is 5.26 Å². The van der Waals surface area contributed by atoms with Crippen molar-refractivity contribution in [3.63, 3.8) is 0 Å². The molecule has 1 atom stereocenters. The molecule has 0 saturated carbocycles. The molecule has 0 radical (unpaired) electrons. The summed E-state index contributed by atoms with van der Waals surface area (Å²) >= 11 is 0. The summed E-state index contributed by atoms with van der Waals surface area (Å²) in [5.74, 6) is 1.26. The van der Waals surface area contributed by atoms with Crippen molar-refractivity contribution in [2.24, 2.45) is 0 Å². The molecule has 1 unspecified atom stereocenters. The summed E-state index contributed by atoms with van der Waals surface area (Å²) in [5, 5.41) is 11.9. The molecule has 100 valence electrons. The highest BCUT2D eigenvalue weighted by atomic mass is 16.6. The van der Waals surface area contributed by atoms with Crippen molar-refractivity contribution >= 4 is 0 Å². The van der Waals surface area contributed by atoms with Gasteiger partial charge in [0.25, 0.3) is 0 Å². The minimum Gasteiger partial charge on any atom is -0.460 e. The predicted octanol–water partition coefficient (Wildman–Crippen LogP) is 2.56. The van der Waals surface area contributed by atoms with Crippen LogP contribution in [0.25, 0.3) is 0 Å². The van der Waals surface area contributed by atoms with Gasteiger partial charge in [-0.05, 0) is 25.2 Å². The third-order valence-corrected chi connectivity index (χ3v) is 2.37. The van der Waals surface area contributed by atoms with Crippen LogP contribution in [-0.4, -0.2) is 18.9 Å². The molecule has 19 heavy (non-hydrogen) atoms.